The van der Waals surface area contributed by atoms with Gasteiger partial charge in [-0.15, -0.1) is 11.3 Å². The Balaban J connectivity index is 1.70. The molecule has 3 aromatic rings. The molecule has 6 nitrogen and oxygen atoms in total. The minimum atomic E-state index is -0.474. The van der Waals surface area contributed by atoms with Gasteiger partial charge in [0, 0.05) is 34.6 Å². The Bertz CT molecular complexity index is 1200. The summed E-state index contributed by atoms with van der Waals surface area (Å²) < 4.78 is 16.6. The molecule has 1 amide bonds. The summed E-state index contributed by atoms with van der Waals surface area (Å²) in [5.74, 6) is 0.968. The number of benzene rings is 1. The highest BCUT2D eigenvalue weighted by atomic mass is 32.1. The second-order valence-electron chi connectivity index (χ2n) is 7.64. The number of furan rings is 1. The van der Waals surface area contributed by atoms with Crippen LogP contribution in [-0.4, -0.2) is 26.1 Å². The summed E-state index contributed by atoms with van der Waals surface area (Å²) in [4.78, 5) is 24.9. The highest BCUT2D eigenvalue weighted by Crippen LogP contribution is 2.41. The van der Waals surface area contributed by atoms with Crippen molar-refractivity contribution in [3.63, 3.8) is 0 Å². The third-order valence-corrected chi connectivity index (χ3v) is 6.59. The van der Waals surface area contributed by atoms with E-state index in [-0.39, 0.29) is 5.91 Å². The third-order valence-electron chi connectivity index (χ3n) is 5.70. The molecule has 1 aliphatic rings. The Kier molecular flexibility index (Phi) is 5.87. The summed E-state index contributed by atoms with van der Waals surface area (Å²) in [6.45, 7) is 3.87. The van der Waals surface area contributed by atoms with Gasteiger partial charge in [0.1, 0.15) is 22.0 Å². The molecule has 162 valence electrons. The van der Waals surface area contributed by atoms with E-state index in [9.17, 15) is 9.59 Å². The number of allylic oxidation sites excluding steroid dienone is 1. The second kappa shape index (κ2) is 8.59. The molecule has 0 spiro atoms. The molecular formula is C24H25NO5S. The van der Waals surface area contributed by atoms with Crippen LogP contribution in [0.4, 0.5) is 5.69 Å². The fourth-order valence-corrected chi connectivity index (χ4v) is 4.96. The van der Waals surface area contributed by atoms with Crippen LogP contribution in [0.5, 0.6) is 5.75 Å². The van der Waals surface area contributed by atoms with Gasteiger partial charge < -0.3 is 19.2 Å². The Labute approximate surface area is 184 Å². The van der Waals surface area contributed by atoms with Crippen molar-refractivity contribution < 1.29 is 23.5 Å². The van der Waals surface area contributed by atoms with Gasteiger partial charge in [-0.1, -0.05) is 0 Å². The molecule has 1 N–H and O–H groups in total. The van der Waals surface area contributed by atoms with Gasteiger partial charge in [0.15, 0.2) is 0 Å². The lowest BCUT2D eigenvalue weighted by molar-refractivity contribution is -0.111. The number of carbonyl (C=O) groups excluding carboxylic acids is 2. The van der Waals surface area contributed by atoms with Crippen LogP contribution in [0.1, 0.15) is 51.9 Å². The molecular weight excluding hydrogens is 414 g/mol. The Hall–Kier alpha value is -3.06. The van der Waals surface area contributed by atoms with Crippen molar-refractivity contribution in [1.82, 2.24) is 0 Å². The molecule has 1 aromatic carbocycles. The van der Waals surface area contributed by atoms with E-state index in [1.807, 2.05) is 13.8 Å². The van der Waals surface area contributed by atoms with Crippen molar-refractivity contribution in [1.29, 1.82) is 0 Å². The number of rotatable bonds is 5. The molecule has 0 radical (unpaired) electrons. The number of ether oxygens (including phenoxy) is 2. The molecule has 7 heteroatoms. The van der Waals surface area contributed by atoms with E-state index in [0.717, 1.165) is 59.1 Å². The monoisotopic (exact) mass is 439 g/mol. The van der Waals surface area contributed by atoms with E-state index in [0.29, 0.717) is 16.3 Å². The molecule has 4 rings (SSSR count). The standard InChI is InChI=1S/C24H25NO5S/c1-13(11-20(26)25-18-9-10-31-23(18)24(27)29-4)16-12-17-15-7-5-6-8-19(15)30-22(17)14(2)21(16)28-3/h9-12H,5-8H2,1-4H3,(H,25,26)/b13-11+. The van der Waals surface area contributed by atoms with Gasteiger partial charge in [0.2, 0.25) is 5.91 Å². The van der Waals surface area contributed by atoms with E-state index in [1.165, 1.54) is 30.1 Å². The van der Waals surface area contributed by atoms with E-state index in [4.69, 9.17) is 13.9 Å². The second-order valence-corrected chi connectivity index (χ2v) is 8.56. The van der Waals surface area contributed by atoms with E-state index >= 15 is 0 Å². The maximum absolute atomic E-state index is 12.7. The number of esters is 1. The number of methoxy groups -OCH3 is 2. The average Bonchev–Trinajstić information content (AvgIpc) is 3.37. The number of aryl methyl sites for hydroxylation is 3. The molecule has 0 fully saturated rings. The Morgan fingerprint density at radius 1 is 1.23 bits per heavy atom. The number of nitrogens with one attached hydrogen (secondary N) is 1. The molecule has 31 heavy (non-hydrogen) atoms. The lowest BCUT2D eigenvalue weighted by atomic mass is 9.93. The molecule has 2 heterocycles. The Morgan fingerprint density at radius 2 is 2.00 bits per heavy atom. The maximum Gasteiger partial charge on any atom is 0.350 e. The molecule has 0 unspecified atom stereocenters. The van der Waals surface area contributed by atoms with Gasteiger partial charge in [0.05, 0.1) is 19.9 Å². The van der Waals surface area contributed by atoms with Crippen LogP contribution in [0.2, 0.25) is 0 Å². The maximum atomic E-state index is 12.7. The fourth-order valence-electron chi connectivity index (χ4n) is 4.19. The minimum Gasteiger partial charge on any atom is -0.496 e. The highest BCUT2D eigenvalue weighted by Gasteiger charge is 2.23. The molecule has 0 saturated heterocycles. The van der Waals surface area contributed by atoms with Crippen molar-refractivity contribution in [3.05, 3.63) is 50.9 Å². The van der Waals surface area contributed by atoms with Crippen molar-refractivity contribution in [3.8, 4) is 5.75 Å². The number of amides is 1. The largest absolute Gasteiger partial charge is 0.496 e. The van der Waals surface area contributed by atoms with Crippen molar-refractivity contribution in [2.75, 3.05) is 19.5 Å². The topological polar surface area (TPSA) is 77.8 Å². The zero-order chi connectivity index (χ0) is 22.1. The summed E-state index contributed by atoms with van der Waals surface area (Å²) in [5, 5.41) is 5.61. The average molecular weight is 440 g/mol. The number of anilines is 1. The van der Waals surface area contributed by atoms with Crippen LogP contribution in [0, 0.1) is 6.92 Å². The molecule has 2 aromatic heterocycles. The molecule has 1 aliphatic carbocycles. The van der Waals surface area contributed by atoms with Gasteiger partial charge >= 0.3 is 5.97 Å². The first-order valence-corrected chi connectivity index (χ1v) is 11.1. The summed E-state index contributed by atoms with van der Waals surface area (Å²) in [5.41, 5.74) is 5.13. The van der Waals surface area contributed by atoms with Gasteiger partial charge in [-0.2, -0.15) is 0 Å². The number of thiophene rings is 1. The van der Waals surface area contributed by atoms with Crippen molar-refractivity contribution in [2.45, 2.75) is 39.5 Å². The van der Waals surface area contributed by atoms with Crippen LogP contribution in [0.15, 0.2) is 28.0 Å². The first kappa shape index (κ1) is 21.2. The number of hydrogen-bond donors (Lipinski definition) is 1. The zero-order valence-electron chi connectivity index (χ0n) is 18.1. The Morgan fingerprint density at radius 3 is 2.74 bits per heavy atom. The van der Waals surface area contributed by atoms with Gasteiger partial charge in [0.25, 0.3) is 0 Å². The first-order chi connectivity index (χ1) is 14.9. The van der Waals surface area contributed by atoms with Gasteiger partial charge in [-0.25, -0.2) is 4.79 Å². The fraction of sp³-hybridized carbons (Fsp3) is 0.333. The smallest absolute Gasteiger partial charge is 0.350 e. The lowest BCUT2D eigenvalue weighted by Gasteiger charge is -2.13. The van der Waals surface area contributed by atoms with Crippen LogP contribution >= 0.6 is 11.3 Å². The highest BCUT2D eigenvalue weighted by molar-refractivity contribution is 7.12. The van der Waals surface area contributed by atoms with Crippen LogP contribution < -0.4 is 10.1 Å². The molecule has 0 aliphatic heterocycles. The first-order valence-electron chi connectivity index (χ1n) is 10.2. The van der Waals surface area contributed by atoms with Crippen molar-refractivity contribution >= 4 is 45.4 Å². The lowest BCUT2D eigenvalue weighted by Crippen LogP contribution is -2.11. The normalized spacial score (nSPS) is 13.7. The SMILES string of the molecule is COC(=O)c1sccc1NC(=O)/C=C(\C)c1cc2c3c(oc2c(C)c1OC)CCCC3. The minimum absolute atomic E-state index is 0.324. The predicted molar refractivity (Wildman–Crippen MR) is 122 cm³/mol. The van der Waals surface area contributed by atoms with Crippen LogP contribution in [-0.2, 0) is 22.4 Å². The summed E-state index contributed by atoms with van der Waals surface area (Å²) in [6, 6.07) is 3.75. The van der Waals surface area contributed by atoms with Gasteiger partial charge in [-0.3, -0.25) is 4.79 Å². The van der Waals surface area contributed by atoms with E-state index in [1.54, 1.807) is 18.6 Å². The summed E-state index contributed by atoms with van der Waals surface area (Å²) >= 11 is 1.22. The summed E-state index contributed by atoms with van der Waals surface area (Å²) in [7, 11) is 2.94. The summed E-state index contributed by atoms with van der Waals surface area (Å²) in [6.07, 6.45) is 5.79. The van der Waals surface area contributed by atoms with Crippen LogP contribution in [0.3, 0.4) is 0 Å². The van der Waals surface area contributed by atoms with Gasteiger partial charge in [-0.05, 0) is 56.2 Å². The number of hydrogen-bond acceptors (Lipinski definition) is 6. The quantitative estimate of drug-likeness (QED) is 0.418. The predicted octanol–water partition coefficient (Wildman–Crippen LogP) is 5.52. The van der Waals surface area contributed by atoms with Crippen LogP contribution in [0.25, 0.3) is 16.5 Å². The molecule has 0 saturated carbocycles. The molecule has 0 bridgehead atoms. The van der Waals surface area contributed by atoms with E-state index < -0.39 is 5.97 Å². The van der Waals surface area contributed by atoms with Crippen molar-refractivity contribution in [2.24, 2.45) is 0 Å². The third kappa shape index (κ3) is 3.85. The zero-order valence-corrected chi connectivity index (χ0v) is 18.9. The van der Waals surface area contributed by atoms with E-state index in [2.05, 4.69) is 11.4 Å². The molecule has 0 atom stereocenters. The number of fused-ring (bicyclic) bond motifs is 3. The number of carbonyl (C=O) groups is 2.